The Labute approximate surface area is 122 Å². The number of amides is 1. The van der Waals surface area contributed by atoms with Gasteiger partial charge in [0.05, 0.1) is 12.0 Å². The van der Waals surface area contributed by atoms with E-state index in [9.17, 15) is 14.1 Å². The number of benzene rings is 1. The van der Waals surface area contributed by atoms with Crippen molar-refractivity contribution < 1.29 is 14.1 Å². The summed E-state index contributed by atoms with van der Waals surface area (Å²) in [6, 6.07) is 7.00. The highest BCUT2D eigenvalue weighted by Crippen LogP contribution is 2.31. The van der Waals surface area contributed by atoms with E-state index in [1.165, 1.54) is 0 Å². The van der Waals surface area contributed by atoms with Crippen molar-refractivity contribution in [3.8, 4) is 0 Å². The Morgan fingerprint density at radius 1 is 1.35 bits per heavy atom. The van der Waals surface area contributed by atoms with E-state index >= 15 is 0 Å². The summed E-state index contributed by atoms with van der Waals surface area (Å²) in [6.07, 6.45) is 6.22. The summed E-state index contributed by atoms with van der Waals surface area (Å²) in [6.45, 7) is 0. The van der Waals surface area contributed by atoms with Gasteiger partial charge in [-0.25, -0.2) is 0 Å². The van der Waals surface area contributed by atoms with Gasteiger partial charge in [0.2, 0.25) is 5.91 Å². The van der Waals surface area contributed by atoms with E-state index in [0.29, 0.717) is 23.4 Å². The molecule has 20 heavy (non-hydrogen) atoms. The first-order chi connectivity index (χ1) is 9.48. The minimum atomic E-state index is -1.07. The Balaban J connectivity index is 1.97. The number of hydrogen-bond acceptors (Lipinski definition) is 3. The van der Waals surface area contributed by atoms with E-state index in [1.54, 1.807) is 30.5 Å². The molecule has 0 aliphatic heterocycles. The molecule has 4 nitrogen and oxygen atoms in total. The van der Waals surface area contributed by atoms with Crippen LogP contribution in [0.5, 0.6) is 0 Å². The molecular formula is C15H21NO3S. The second-order valence-electron chi connectivity index (χ2n) is 5.49. The molecule has 1 unspecified atom stereocenters. The van der Waals surface area contributed by atoms with Crippen LogP contribution < -0.4 is 5.32 Å². The van der Waals surface area contributed by atoms with Gasteiger partial charge < -0.3 is 10.4 Å². The van der Waals surface area contributed by atoms with Gasteiger partial charge in [-0.3, -0.25) is 9.00 Å². The quantitative estimate of drug-likeness (QED) is 0.896. The van der Waals surface area contributed by atoms with E-state index < -0.39 is 16.4 Å². The lowest BCUT2D eigenvalue weighted by atomic mass is 9.82. The summed E-state index contributed by atoms with van der Waals surface area (Å²) < 4.78 is 11.4. The van der Waals surface area contributed by atoms with Gasteiger partial charge >= 0.3 is 0 Å². The fourth-order valence-corrected chi connectivity index (χ4v) is 3.21. The summed E-state index contributed by atoms with van der Waals surface area (Å²) in [4.78, 5) is 12.7. The van der Waals surface area contributed by atoms with Crippen LogP contribution in [0.2, 0.25) is 0 Å². The summed E-state index contributed by atoms with van der Waals surface area (Å²) in [5, 5.41) is 13.1. The van der Waals surface area contributed by atoms with Gasteiger partial charge in [-0.2, -0.15) is 0 Å². The van der Waals surface area contributed by atoms with Gasteiger partial charge in [0, 0.05) is 27.6 Å². The monoisotopic (exact) mass is 295 g/mol. The Bertz CT molecular complexity index is 510. The van der Waals surface area contributed by atoms with Gasteiger partial charge in [0.15, 0.2) is 0 Å². The Morgan fingerprint density at radius 2 is 2.05 bits per heavy atom. The molecule has 0 spiro atoms. The Kier molecular flexibility index (Phi) is 4.94. The topological polar surface area (TPSA) is 66.4 Å². The third-order valence-corrected chi connectivity index (χ3v) is 4.64. The van der Waals surface area contributed by atoms with E-state index in [1.807, 2.05) is 0 Å². The standard InChI is InChI=1S/C15H21NO3S/c1-20(19)13-7-5-6-12(10-13)16-14(17)11-15(18)8-3-2-4-9-15/h5-7,10,18H,2-4,8-9,11H2,1H3,(H,16,17). The minimum absolute atomic E-state index is 0.131. The summed E-state index contributed by atoms with van der Waals surface area (Å²) in [5.41, 5.74) is -0.227. The van der Waals surface area contributed by atoms with Crippen LogP contribution in [-0.2, 0) is 15.6 Å². The van der Waals surface area contributed by atoms with Gasteiger partial charge in [-0.05, 0) is 31.0 Å². The molecular weight excluding hydrogens is 274 g/mol. The van der Waals surface area contributed by atoms with Gasteiger partial charge in [-0.1, -0.05) is 25.3 Å². The lowest BCUT2D eigenvalue weighted by Crippen LogP contribution is -2.35. The summed E-state index contributed by atoms with van der Waals surface area (Å²) in [5.74, 6) is -0.187. The highest BCUT2D eigenvalue weighted by Gasteiger charge is 2.31. The fraction of sp³-hybridized carbons (Fsp3) is 0.533. The average molecular weight is 295 g/mol. The first kappa shape index (κ1) is 15.2. The lowest BCUT2D eigenvalue weighted by Gasteiger charge is -2.31. The first-order valence-electron chi connectivity index (χ1n) is 6.94. The second kappa shape index (κ2) is 6.50. The van der Waals surface area contributed by atoms with Crippen LogP contribution in [0.25, 0.3) is 0 Å². The molecule has 1 aliphatic carbocycles. The largest absolute Gasteiger partial charge is 0.389 e. The molecule has 0 radical (unpaired) electrons. The fourth-order valence-electron chi connectivity index (χ4n) is 2.64. The highest BCUT2D eigenvalue weighted by molar-refractivity contribution is 7.84. The molecule has 2 N–H and O–H groups in total. The summed E-state index contributed by atoms with van der Waals surface area (Å²) >= 11 is 0. The molecule has 1 aromatic carbocycles. The maximum atomic E-state index is 12.0. The molecule has 5 heteroatoms. The number of rotatable bonds is 4. The molecule has 1 aromatic rings. The van der Waals surface area contributed by atoms with Crippen molar-refractivity contribution >= 4 is 22.4 Å². The number of nitrogens with one attached hydrogen (secondary N) is 1. The van der Waals surface area contributed by atoms with Crippen molar-refractivity contribution in [3.63, 3.8) is 0 Å². The van der Waals surface area contributed by atoms with Crippen molar-refractivity contribution in [1.82, 2.24) is 0 Å². The molecule has 2 rings (SSSR count). The number of aliphatic hydroxyl groups is 1. The first-order valence-corrected chi connectivity index (χ1v) is 8.50. The normalized spacial score (nSPS) is 19.3. The molecule has 0 saturated heterocycles. The van der Waals surface area contributed by atoms with Gasteiger partial charge in [-0.15, -0.1) is 0 Å². The third-order valence-electron chi connectivity index (χ3n) is 3.72. The predicted molar refractivity (Wildman–Crippen MR) is 80.1 cm³/mol. The number of anilines is 1. The molecule has 1 atom stereocenters. The molecule has 0 heterocycles. The van der Waals surface area contributed by atoms with E-state index in [0.717, 1.165) is 19.3 Å². The Morgan fingerprint density at radius 3 is 2.70 bits per heavy atom. The van der Waals surface area contributed by atoms with E-state index in [4.69, 9.17) is 0 Å². The second-order valence-corrected chi connectivity index (χ2v) is 6.87. The number of carbonyl (C=O) groups is 1. The van der Waals surface area contributed by atoms with Crippen molar-refractivity contribution in [2.45, 2.75) is 49.0 Å². The molecule has 1 amide bonds. The third kappa shape index (κ3) is 4.15. The number of carbonyl (C=O) groups excluding carboxylic acids is 1. The van der Waals surface area contributed by atoms with Crippen LogP contribution in [0.3, 0.4) is 0 Å². The van der Waals surface area contributed by atoms with Crippen LogP contribution in [0.15, 0.2) is 29.2 Å². The maximum absolute atomic E-state index is 12.0. The van der Waals surface area contributed by atoms with Crippen LogP contribution in [0.1, 0.15) is 38.5 Å². The molecule has 0 aromatic heterocycles. The average Bonchev–Trinajstić information content (AvgIpc) is 2.39. The maximum Gasteiger partial charge on any atom is 0.227 e. The van der Waals surface area contributed by atoms with Crippen molar-refractivity contribution in [2.24, 2.45) is 0 Å². The molecule has 0 bridgehead atoms. The van der Waals surface area contributed by atoms with Gasteiger partial charge in [0.25, 0.3) is 0 Å². The zero-order chi connectivity index (χ0) is 14.6. The molecule has 1 fully saturated rings. The zero-order valence-corrected chi connectivity index (χ0v) is 12.5. The van der Waals surface area contributed by atoms with Crippen molar-refractivity contribution in [1.29, 1.82) is 0 Å². The molecule has 110 valence electrons. The molecule has 1 aliphatic rings. The van der Waals surface area contributed by atoms with Gasteiger partial charge in [0.1, 0.15) is 0 Å². The van der Waals surface area contributed by atoms with E-state index in [-0.39, 0.29) is 12.3 Å². The molecule has 1 saturated carbocycles. The summed E-state index contributed by atoms with van der Waals surface area (Å²) in [7, 11) is -1.07. The van der Waals surface area contributed by atoms with Crippen LogP contribution in [0, 0.1) is 0 Å². The predicted octanol–water partition coefficient (Wildman–Crippen LogP) is 2.45. The van der Waals surface area contributed by atoms with E-state index in [2.05, 4.69) is 5.32 Å². The van der Waals surface area contributed by atoms with Crippen LogP contribution in [0.4, 0.5) is 5.69 Å². The smallest absolute Gasteiger partial charge is 0.227 e. The number of hydrogen-bond donors (Lipinski definition) is 2. The highest BCUT2D eigenvalue weighted by atomic mass is 32.2. The lowest BCUT2D eigenvalue weighted by molar-refractivity contribution is -0.122. The van der Waals surface area contributed by atoms with Crippen molar-refractivity contribution in [3.05, 3.63) is 24.3 Å². The van der Waals surface area contributed by atoms with Crippen LogP contribution in [-0.4, -0.2) is 27.1 Å². The zero-order valence-electron chi connectivity index (χ0n) is 11.7. The minimum Gasteiger partial charge on any atom is -0.389 e. The van der Waals surface area contributed by atoms with Crippen LogP contribution >= 0.6 is 0 Å². The van der Waals surface area contributed by atoms with Crippen molar-refractivity contribution in [2.75, 3.05) is 11.6 Å². The SMILES string of the molecule is CS(=O)c1cccc(NC(=O)CC2(O)CCCCC2)c1. The Hall–Kier alpha value is -1.20.